The lowest BCUT2D eigenvalue weighted by molar-refractivity contribution is -0.142. The summed E-state index contributed by atoms with van der Waals surface area (Å²) in [6.45, 7) is 2.85. The highest BCUT2D eigenvalue weighted by Gasteiger charge is 2.47. The van der Waals surface area contributed by atoms with E-state index in [-0.39, 0.29) is 23.2 Å². The number of anilines is 1. The van der Waals surface area contributed by atoms with Crippen LogP contribution in [0.3, 0.4) is 0 Å². The maximum absolute atomic E-state index is 13.6. The van der Waals surface area contributed by atoms with Gasteiger partial charge in [-0.3, -0.25) is 14.4 Å². The van der Waals surface area contributed by atoms with Crippen LogP contribution in [0.1, 0.15) is 47.4 Å². The summed E-state index contributed by atoms with van der Waals surface area (Å²) in [6, 6.07) is 12.4. The highest BCUT2D eigenvalue weighted by Crippen LogP contribution is 2.32. The van der Waals surface area contributed by atoms with Gasteiger partial charge in [-0.05, 0) is 23.3 Å². The number of rotatable bonds is 10. The average Bonchev–Trinajstić information content (AvgIpc) is 3.52. The molecule has 0 saturated carbocycles. The van der Waals surface area contributed by atoms with Gasteiger partial charge in [-0.25, -0.2) is 19.5 Å². The van der Waals surface area contributed by atoms with Crippen LogP contribution in [0.25, 0.3) is 0 Å². The molecule has 4 rings (SSSR count). The van der Waals surface area contributed by atoms with Crippen LogP contribution < -0.4 is 15.4 Å². The summed E-state index contributed by atoms with van der Waals surface area (Å²) in [5, 5.41) is 7.03. The van der Waals surface area contributed by atoms with E-state index in [2.05, 4.69) is 20.4 Å². The van der Waals surface area contributed by atoms with Crippen LogP contribution in [0.2, 0.25) is 0 Å². The minimum atomic E-state index is -1.21. The maximum Gasteiger partial charge on any atom is 0.343 e. The largest absolute Gasteiger partial charge is 0.482 e. The van der Waals surface area contributed by atoms with Gasteiger partial charge in [-0.2, -0.15) is 0 Å². The van der Waals surface area contributed by atoms with E-state index in [4.69, 9.17) is 4.74 Å². The van der Waals surface area contributed by atoms with E-state index < -0.39 is 41.8 Å². The normalized spacial score (nSPS) is 16.3. The van der Waals surface area contributed by atoms with Gasteiger partial charge in [0.2, 0.25) is 5.91 Å². The number of benzene rings is 2. The molecule has 2 N–H and O–H groups in total. The zero-order valence-corrected chi connectivity index (χ0v) is 22.2. The van der Waals surface area contributed by atoms with Gasteiger partial charge in [0.1, 0.15) is 23.5 Å². The second-order valence-electron chi connectivity index (χ2n) is 8.75. The molecule has 202 valence electrons. The summed E-state index contributed by atoms with van der Waals surface area (Å²) < 4.78 is 9.88. The van der Waals surface area contributed by atoms with Crippen molar-refractivity contribution in [3.05, 3.63) is 76.8 Å². The van der Waals surface area contributed by atoms with Crippen LogP contribution in [-0.4, -0.2) is 59.2 Å². The molecule has 0 spiro atoms. The lowest BCUT2D eigenvalue weighted by Crippen LogP contribution is -2.50. The number of nitrogens with zero attached hydrogens (tertiary/aromatic N) is 2. The van der Waals surface area contributed by atoms with E-state index in [9.17, 15) is 24.0 Å². The van der Waals surface area contributed by atoms with E-state index in [1.54, 1.807) is 43.3 Å². The molecule has 0 unspecified atom stereocenters. The first-order valence-electron chi connectivity index (χ1n) is 11.9. The number of thiazole rings is 1. The Hall–Kier alpha value is -4.58. The predicted octanol–water partition coefficient (Wildman–Crippen LogP) is 3.30. The molecule has 3 aromatic rings. The van der Waals surface area contributed by atoms with E-state index in [1.807, 2.05) is 18.2 Å². The third-order valence-electron chi connectivity index (χ3n) is 6.21. The fourth-order valence-corrected chi connectivity index (χ4v) is 4.87. The number of carbonyl (C=O) groups is 5. The van der Waals surface area contributed by atoms with E-state index in [0.29, 0.717) is 11.3 Å². The molecule has 39 heavy (non-hydrogen) atoms. The Balaban J connectivity index is 1.59. The Kier molecular flexibility index (Phi) is 8.35. The SMILES string of the molecule is COC(=O)COc1ccc([C@H]2NC(=O)N([C@H](C(=O)Nc3nc(C(C)=O)cs3)[C@H](C)c3ccccc3)C2=O)cc1. The molecule has 11 nitrogen and oxygen atoms in total. The summed E-state index contributed by atoms with van der Waals surface area (Å²) in [5.74, 6) is -2.21. The molecule has 1 aliphatic heterocycles. The summed E-state index contributed by atoms with van der Waals surface area (Å²) >= 11 is 1.07. The van der Waals surface area contributed by atoms with Crippen LogP contribution in [0.5, 0.6) is 5.75 Å². The Morgan fingerprint density at radius 1 is 1.10 bits per heavy atom. The minimum Gasteiger partial charge on any atom is -0.482 e. The lowest BCUT2D eigenvalue weighted by Gasteiger charge is -2.29. The number of methoxy groups -OCH3 is 1. The maximum atomic E-state index is 13.6. The standard InChI is InChI=1S/C27H26N4O7S/c1-15(17-7-5-4-6-8-17)23(24(34)30-26-28-20(14-39-26)16(2)32)31-25(35)22(29-27(31)36)18-9-11-19(12-10-18)38-13-21(33)37-3/h4-12,14-15,22-23H,13H2,1-3H3,(H,29,36)(H,28,30,34)/t15-,22-,23+/m1/s1. The minimum absolute atomic E-state index is 0.182. The summed E-state index contributed by atoms with van der Waals surface area (Å²) in [4.78, 5) is 68.3. The predicted molar refractivity (Wildman–Crippen MR) is 141 cm³/mol. The Bertz CT molecular complexity index is 1390. The Labute approximate surface area is 228 Å². The molecule has 0 radical (unpaired) electrons. The number of carbonyl (C=O) groups excluding carboxylic acids is 5. The number of hydrogen-bond donors (Lipinski definition) is 2. The number of aromatic nitrogens is 1. The number of nitrogens with one attached hydrogen (secondary N) is 2. The fraction of sp³-hybridized carbons (Fsp3) is 0.259. The van der Waals surface area contributed by atoms with Gasteiger partial charge in [0.15, 0.2) is 17.5 Å². The van der Waals surface area contributed by atoms with E-state index >= 15 is 0 Å². The van der Waals surface area contributed by atoms with E-state index in [0.717, 1.165) is 21.8 Å². The van der Waals surface area contributed by atoms with Crippen LogP contribution in [0, 0.1) is 0 Å². The van der Waals surface area contributed by atoms with Crippen molar-refractivity contribution >= 4 is 46.1 Å². The molecule has 1 aromatic heterocycles. The van der Waals surface area contributed by atoms with Crippen molar-refractivity contribution < 1.29 is 33.4 Å². The second-order valence-corrected chi connectivity index (χ2v) is 9.61. The van der Waals surface area contributed by atoms with Crippen molar-refractivity contribution in [2.24, 2.45) is 0 Å². The van der Waals surface area contributed by atoms with Crippen LogP contribution >= 0.6 is 11.3 Å². The summed E-state index contributed by atoms with van der Waals surface area (Å²) in [7, 11) is 1.25. The lowest BCUT2D eigenvalue weighted by atomic mass is 9.91. The first kappa shape index (κ1) is 27.5. The fourth-order valence-electron chi connectivity index (χ4n) is 4.12. The van der Waals surface area contributed by atoms with Gasteiger partial charge in [0, 0.05) is 18.2 Å². The highest BCUT2D eigenvalue weighted by atomic mass is 32.1. The number of esters is 1. The zero-order chi connectivity index (χ0) is 28.1. The van der Waals surface area contributed by atoms with Crippen molar-refractivity contribution in [1.82, 2.24) is 15.2 Å². The summed E-state index contributed by atoms with van der Waals surface area (Å²) in [6.07, 6.45) is 0. The third kappa shape index (κ3) is 6.12. The molecule has 2 aromatic carbocycles. The van der Waals surface area contributed by atoms with Crippen molar-refractivity contribution in [2.75, 3.05) is 19.0 Å². The van der Waals surface area contributed by atoms with Gasteiger partial charge in [0.05, 0.1) is 7.11 Å². The van der Waals surface area contributed by atoms with Crippen molar-refractivity contribution in [3.63, 3.8) is 0 Å². The molecule has 1 fully saturated rings. The number of Topliss-reactive ketones (excluding diaryl/α,β-unsaturated/α-hetero) is 1. The molecule has 1 saturated heterocycles. The van der Waals surface area contributed by atoms with Gasteiger partial charge in [-0.1, -0.05) is 49.4 Å². The second kappa shape index (κ2) is 11.9. The molecule has 0 aliphatic carbocycles. The van der Waals surface area contributed by atoms with Gasteiger partial charge >= 0.3 is 12.0 Å². The smallest absolute Gasteiger partial charge is 0.343 e. The number of imide groups is 1. The van der Waals surface area contributed by atoms with Crippen molar-refractivity contribution in [1.29, 1.82) is 0 Å². The zero-order valence-electron chi connectivity index (χ0n) is 21.4. The van der Waals surface area contributed by atoms with Gasteiger partial charge in [0.25, 0.3) is 5.91 Å². The van der Waals surface area contributed by atoms with Crippen molar-refractivity contribution in [2.45, 2.75) is 31.8 Å². The number of hydrogen-bond acceptors (Lipinski definition) is 9. The molecule has 1 aliphatic rings. The molecular formula is C27H26N4O7S. The highest BCUT2D eigenvalue weighted by molar-refractivity contribution is 7.14. The number of urea groups is 1. The molecule has 12 heteroatoms. The van der Waals surface area contributed by atoms with Gasteiger partial charge < -0.3 is 20.1 Å². The van der Waals surface area contributed by atoms with Gasteiger partial charge in [-0.15, -0.1) is 11.3 Å². The number of ketones is 1. The number of amides is 4. The number of ether oxygens (including phenoxy) is 2. The third-order valence-corrected chi connectivity index (χ3v) is 6.97. The first-order chi connectivity index (χ1) is 18.7. The topological polar surface area (TPSA) is 144 Å². The van der Waals surface area contributed by atoms with Crippen LogP contribution in [-0.2, 0) is 19.1 Å². The summed E-state index contributed by atoms with van der Waals surface area (Å²) in [5.41, 5.74) is 1.42. The van der Waals surface area contributed by atoms with Crippen LogP contribution in [0.4, 0.5) is 9.93 Å². The average molecular weight is 551 g/mol. The quantitative estimate of drug-likeness (QED) is 0.222. The molecule has 2 heterocycles. The molecule has 3 atom stereocenters. The Morgan fingerprint density at radius 3 is 2.41 bits per heavy atom. The molecular weight excluding hydrogens is 524 g/mol. The van der Waals surface area contributed by atoms with Crippen molar-refractivity contribution in [3.8, 4) is 5.75 Å². The monoisotopic (exact) mass is 550 g/mol. The molecule has 4 amide bonds. The van der Waals surface area contributed by atoms with Crippen LogP contribution in [0.15, 0.2) is 60.0 Å². The van der Waals surface area contributed by atoms with E-state index in [1.165, 1.54) is 19.4 Å². The molecule has 0 bridgehead atoms. The first-order valence-corrected chi connectivity index (χ1v) is 12.8. The Morgan fingerprint density at radius 2 is 1.79 bits per heavy atom.